The van der Waals surface area contributed by atoms with Crippen molar-refractivity contribution in [3.63, 3.8) is 0 Å². The second-order valence-electron chi connectivity index (χ2n) is 8.09. The average molecular weight is 520 g/mol. The number of benzene rings is 1. The maximum atomic E-state index is 16.1. The maximum absolute atomic E-state index is 16.1. The Morgan fingerprint density at radius 2 is 2.09 bits per heavy atom. The van der Waals surface area contributed by atoms with Crippen LogP contribution in [0.2, 0.25) is 0 Å². The Morgan fingerprint density at radius 3 is 2.74 bits per heavy atom. The summed E-state index contributed by atoms with van der Waals surface area (Å²) in [4.78, 5) is 14.6. The van der Waals surface area contributed by atoms with Crippen LogP contribution in [0.15, 0.2) is 29.2 Å². The predicted octanol–water partition coefficient (Wildman–Crippen LogP) is -0.372. The molecule has 11 nitrogen and oxygen atoms in total. The van der Waals surface area contributed by atoms with E-state index in [2.05, 4.69) is 4.98 Å². The third-order valence-electron chi connectivity index (χ3n) is 5.65. The number of para-hydroxylation sites is 1. The van der Waals surface area contributed by atoms with Crippen LogP contribution >= 0.6 is 20.0 Å². The van der Waals surface area contributed by atoms with Gasteiger partial charge in [-0.1, -0.05) is 30.4 Å². The summed E-state index contributed by atoms with van der Waals surface area (Å²) < 4.78 is 50.0. The number of aromatic amines is 1. The fourth-order valence-corrected chi connectivity index (χ4v) is 5.33. The topological polar surface area (TPSA) is 152 Å². The Hall–Kier alpha value is -1.77. The first-order valence-electron chi connectivity index (χ1n) is 9.99. The first-order chi connectivity index (χ1) is 16.2. The van der Waals surface area contributed by atoms with Gasteiger partial charge in [-0.25, -0.2) is 13.8 Å². The molecule has 1 aromatic heterocycles. The Morgan fingerprint density at radius 1 is 1.40 bits per heavy atom. The van der Waals surface area contributed by atoms with Crippen LogP contribution in [0.5, 0.6) is 5.75 Å². The minimum absolute atomic E-state index is 0.0449. The molecule has 0 saturated carbocycles. The molecule has 1 unspecified atom stereocenters. The quantitative estimate of drug-likeness (QED) is 0.234. The summed E-state index contributed by atoms with van der Waals surface area (Å²) >= 11 is 4.89. The van der Waals surface area contributed by atoms with Crippen LogP contribution in [0.4, 0.5) is 4.39 Å². The van der Waals surface area contributed by atoms with Crippen molar-refractivity contribution in [1.82, 2.24) is 9.55 Å². The molecular weight excluding hydrogens is 503 g/mol. The number of hydrogen-bond donors (Lipinski definition) is 4. The van der Waals surface area contributed by atoms with Gasteiger partial charge >= 0.3 is 13.5 Å². The van der Waals surface area contributed by atoms with E-state index in [0.717, 1.165) is 6.20 Å². The van der Waals surface area contributed by atoms with E-state index in [1.54, 1.807) is 25.1 Å². The van der Waals surface area contributed by atoms with Gasteiger partial charge in [-0.3, -0.25) is 18.6 Å². The van der Waals surface area contributed by atoms with Crippen LogP contribution in [-0.4, -0.2) is 71.9 Å². The molecule has 4 rings (SSSR count). The summed E-state index contributed by atoms with van der Waals surface area (Å²) in [6, 6.07) is 4.98. The number of aryl methyl sites for hydroxylation is 1. The molecule has 180 valence electrons. The summed E-state index contributed by atoms with van der Waals surface area (Å²) in [5.74, 6) is -3.64. The zero-order valence-corrected chi connectivity index (χ0v) is 19.8. The van der Waals surface area contributed by atoms with E-state index in [-0.39, 0.29) is 22.6 Å². The molecule has 4 N–H and O–H groups in total. The van der Waals surface area contributed by atoms with Gasteiger partial charge in [0, 0.05) is 17.3 Å². The molecule has 0 aliphatic carbocycles. The number of nitrogens with zero attached hydrogens (tertiary/aromatic N) is 1. The van der Waals surface area contributed by atoms with Crippen LogP contribution in [0.1, 0.15) is 16.7 Å². The van der Waals surface area contributed by atoms with E-state index in [0.29, 0.717) is 15.7 Å². The van der Waals surface area contributed by atoms with Gasteiger partial charge in [-0.2, -0.15) is 0 Å². The smallest absolute Gasteiger partial charge is 0.403 e. The molecule has 1 fully saturated rings. The van der Waals surface area contributed by atoms with E-state index in [4.69, 9.17) is 54.1 Å². The van der Waals surface area contributed by atoms with Crippen molar-refractivity contribution in [2.75, 3.05) is 0 Å². The molecule has 17 heteroatoms. The Labute approximate surface area is 207 Å². The number of hydrogen-bond acceptors (Lipinski definition) is 10. The van der Waals surface area contributed by atoms with Gasteiger partial charge in [0.1, 0.15) is 51.8 Å². The normalized spacial score (nSPS) is 32.7. The molecule has 2 aliphatic rings. The molecule has 1 saturated heterocycles. The fourth-order valence-electron chi connectivity index (χ4n) is 3.71. The molecule has 1 aromatic carbocycles. The second kappa shape index (κ2) is 8.67. The minimum atomic E-state index is -4.70. The molecule has 0 amide bonds. The summed E-state index contributed by atoms with van der Waals surface area (Å²) in [5.41, 5.74) is -2.91. The molecule has 2 aliphatic heterocycles. The van der Waals surface area contributed by atoms with Crippen molar-refractivity contribution < 1.29 is 42.6 Å². The highest BCUT2D eigenvalue weighted by Crippen LogP contribution is 2.59. The lowest BCUT2D eigenvalue weighted by Crippen LogP contribution is -2.60. The zero-order chi connectivity index (χ0) is 26.0. The number of nitrogens with one attached hydrogen (secondary N) is 1. The van der Waals surface area contributed by atoms with Crippen LogP contribution < -0.4 is 10.2 Å². The van der Waals surface area contributed by atoms with E-state index < -0.39 is 49.2 Å². The average Bonchev–Trinajstić information content (AvgIpc) is 2.95. The number of fused-ring (bicyclic) bond motifs is 1. The number of alkyl halides is 1. The molecule has 6 radical (unpaired) electrons. The number of aromatic nitrogens is 2. The van der Waals surface area contributed by atoms with Crippen molar-refractivity contribution >= 4 is 43.6 Å². The third kappa shape index (κ3) is 4.15. The standard InChI is InChI=1S/C18H17B3FN2O9PS/c1-8-3-2-4-9-7-30-34(29,31-11(8)9)33-18(20,21)16(22)12(26)13(27)17(19,32-16)24-5-10(6-25)14(35)23-15(24)28/h2-5,12-13,25-27H,6-7H2,1H3,(H,23,28,35)/t12-,13+,16-,17-,34?/m0/s1. The SMILES string of the molecule is [B]C([B])(OP1(=O)OCc2cccc(C)c2O1)[C@@]1(F)O[C@@]([B])(n2cc(CO)c(=S)[nH]c2=O)[C@H](O)[C@@H]1O. The van der Waals surface area contributed by atoms with Crippen molar-refractivity contribution in [2.45, 2.75) is 49.2 Å². The number of phosphoric acid groups is 1. The lowest BCUT2D eigenvalue weighted by Gasteiger charge is -2.42. The molecule has 0 spiro atoms. The van der Waals surface area contributed by atoms with Crippen molar-refractivity contribution in [3.8, 4) is 5.75 Å². The first-order valence-corrected chi connectivity index (χ1v) is 11.9. The monoisotopic (exact) mass is 520 g/mol. The van der Waals surface area contributed by atoms with Gasteiger partial charge in [0.15, 0.2) is 0 Å². The lowest BCUT2D eigenvalue weighted by atomic mass is 9.59. The number of H-pyrrole nitrogens is 1. The number of rotatable bonds is 5. The van der Waals surface area contributed by atoms with Crippen LogP contribution in [0.3, 0.4) is 0 Å². The summed E-state index contributed by atoms with van der Waals surface area (Å²) in [5, 5.41) is 27.2. The Balaban J connectivity index is 1.69. The first kappa shape index (κ1) is 26.3. The lowest BCUT2D eigenvalue weighted by molar-refractivity contribution is -0.240. The molecule has 3 heterocycles. The Kier molecular flexibility index (Phi) is 6.51. The van der Waals surface area contributed by atoms with Gasteiger partial charge in [-0.05, 0) is 12.5 Å². The van der Waals surface area contributed by atoms with E-state index >= 15 is 4.39 Å². The van der Waals surface area contributed by atoms with Gasteiger partial charge < -0.3 is 24.6 Å². The van der Waals surface area contributed by atoms with E-state index in [1.807, 2.05) is 0 Å². The predicted molar refractivity (Wildman–Crippen MR) is 122 cm³/mol. The molecule has 5 atom stereocenters. The number of aliphatic hydroxyl groups excluding tert-OH is 3. The highest BCUT2D eigenvalue weighted by molar-refractivity contribution is 7.71. The Bertz CT molecular complexity index is 1340. The molecule has 2 aromatic rings. The van der Waals surface area contributed by atoms with E-state index in [1.165, 1.54) is 0 Å². The van der Waals surface area contributed by atoms with Crippen LogP contribution in [0, 0.1) is 11.6 Å². The number of aliphatic hydroxyl groups is 3. The largest absolute Gasteiger partial charge is 0.529 e. The second-order valence-corrected chi connectivity index (χ2v) is 10.0. The fraction of sp³-hybridized carbons (Fsp3) is 0.444. The molecule has 0 bridgehead atoms. The highest BCUT2D eigenvalue weighted by atomic mass is 32.1. The molecular formula is C18H17B3FN2O9PS. The minimum Gasteiger partial charge on any atom is -0.403 e. The zero-order valence-electron chi connectivity index (χ0n) is 18.1. The summed E-state index contributed by atoms with van der Waals surface area (Å²) in [7, 11) is 12.8. The summed E-state index contributed by atoms with van der Waals surface area (Å²) in [6.45, 7) is 0.722. The van der Waals surface area contributed by atoms with Gasteiger partial charge in [-0.15, -0.1) is 0 Å². The third-order valence-corrected chi connectivity index (χ3v) is 7.39. The van der Waals surface area contributed by atoms with Crippen molar-refractivity contribution in [1.29, 1.82) is 0 Å². The number of halogens is 1. The van der Waals surface area contributed by atoms with Gasteiger partial charge in [0.2, 0.25) is 0 Å². The van der Waals surface area contributed by atoms with Gasteiger partial charge in [0.25, 0.3) is 5.85 Å². The van der Waals surface area contributed by atoms with Gasteiger partial charge in [0.05, 0.1) is 18.6 Å². The van der Waals surface area contributed by atoms with Crippen LogP contribution in [0.25, 0.3) is 0 Å². The maximum Gasteiger partial charge on any atom is 0.529 e. The van der Waals surface area contributed by atoms with E-state index in [9.17, 15) is 24.7 Å². The van der Waals surface area contributed by atoms with Crippen molar-refractivity contribution in [2.24, 2.45) is 0 Å². The summed E-state index contributed by atoms with van der Waals surface area (Å²) in [6.07, 6.45) is -4.14. The van der Waals surface area contributed by atoms with Crippen LogP contribution in [-0.2, 0) is 37.2 Å². The highest BCUT2D eigenvalue weighted by Gasteiger charge is 2.69. The van der Waals surface area contributed by atoms with Crippen molar-refractivity contribution in [3.05, 3.63) is 56.2 Å². The number of ether oxygens (including phenoxy) is 1. The number of phosphoric ester groups is 1. The molecule has 35 heavy (non-hydrogen) atoms.